The molecule has 0 radical (unpaired) electrons. The first kappa shape index (κ1) is 4.97. The van der Waals surface area contributed by atoms with Crippen LogP contribution in [0.3, 0.4) is 0 Å². The molecule has 0 amide bonds. The Balaban J connectivity index is 2.39. The predicted molar refractivity (Wildman–Crippen MR) is 31.7 cm³/mol. The van der Waals surface area contributed by atoms with Crippen LogP contribution >= 0.6 is 0 Å². The van der Waals surface area contributed by atoms with Crippen LogP contribution in [0.25, 0.3) is 0 Å². The van der Waals surface area contributed by atoms with Crippen molar-refractivity contribution in [2.45, 2.75) is 25.8 Å². The van der Waals surface area contributed by atoms with Crippen LogP contribution in [0.15, 0.2) is 6.20 Å². The molecule has 2 heterocycles. The molecule has 0 aromatic carbocycles. The molecule has 1 aromatic heterocycles. The minimum atomic E-state index is 1.12. The van der Waals surface area contributed by atoms with Crippen LogP contribution in [-0.2, 0) is 13.0 Å². The molecule has 9 heavy (non-hydrogen) atoms. The second-order valence-corrected chi connectivity index (χ2v) is 2.46. The first-order chi connectivity index (χ1) is 4.47. The maximum Gasteiger partial charge on any atom is 0.209 e. The van der Waals surface area contributed by atoms with Crippen molar-refractivity contribution in [1.29, 1.82) is 0 Å². The lowest BCUT2D eigenvalue weighted by Crippen LogP contribution is -2.42. The molecule has 1 aromatic rings. The van der Waals surface area contributed by atoms with Crippen LogP contribution in [0.2, 0.25) is 0 Å². The van der Waals surface area contributed by atoms with E-state index in [9.17, 15) is 0 Å². The molecule has 0 aliphatic carbocycles. The number of nitrogens with one attached hydrogen (secondary N) is 1. The van der Waals surface area contributed by atoms with Gasteiger partial charge in [-0.05, 0) is 12.8 Å². The Morgan fingerprint density at radius 1 is 1.56 bits per heavy atom. The number of aromatic amines is 1. The van der Waals surface area contributed by atoms with Crippen molar-refractivity contribution in [1.82, 2.24) is 10.3 Å². The topological polar surface area (TPSA) is 32.6 Å². The molecule has 1 N–H and O–H groups in total. The van der Waals surface area contributed by atoms with E-state index in [2.05, 4.69) is 15.0 Å². The van der Waals surface area contributed by atoms with Crippen molar-refractivity contribution in [3.05, 3.63) is 11.9 Å². The van der Waals surface area contributed by atoms with Crippen LogP contribution in [0, 0.1) is 0 Å². The summed E-state index contributed by atoms with van der Waals surface area (Å²) in [6.07, 6.45) is 5.72. The molecule has 0 saturated carbocycles. The van der Waals surface area contributed by atoms with Gasteiger partial charge in [0.05, 0.1) is 0 Å². The SMILES string of the molecule is c1n[nH][n+]2c1CCCC2. The number of rotatable bonds is 0. The number of aromatic nitrogens is 3. The van der Waals surface area contributed by atoms with Gasteiger partial charge in [-0.25, -0.2) is 0 Å². The highest BCUT2D eigenvalue weighted by Crippen LogP contribution is 2.03. The Hall–Kier alpha value is -0.860. The molecule has 48 valence electrons. The van der Waals surface area contributed by atoms with Gasteiger partial charge in [0.15, 0.2) is 5.69 Å². The molecule has 1 aliphatic rings. The lowest BCUT2D eigenvalue weighted by Gasteiger charge is -2.04. The van der Waals surface area contributed by atoms with Crippen molar-refractivity contribution in [2.24, 2.45) is 0 Å². The van der Waals surface area contributed by atoms with Gasteiger partial charge in [-0.15, -0.1) is 0 Å². The third kappa shape index (κ3) is 0.724. The number of hydrogen-bond acceptors (Lipinski definition) is 1. The van der Waals surface area contributed by atoms with Crippen molar-refractivity contribution in [3.8, 4) is 0 Å². The average Bonchev–Trinajstić information content (AvgIpc) is 2.33. The Morgan fingerprint density at radius 3 is 3.44 bits per heavy atom. The molecule has 0 spiro atoms. The average molecular weight is 124 g/mol. The normalized spacial score (nSPS) is 17.3. The second-order valence-electron chi connectivity index (χ2n) is 2.46. The first-order valence-electron chi connectivity index (χ1n) is 3.39. The largest absolute Gasteiger partial charge is 0.209 e. The maximum atomic E-state index is 3.94. The van der Waals surface area contributed by atoms with Gasteiger partial charge in [0, 0.05) is 11.5 Å². The zero-order valence-corrected chi connectivity index (χ0v) is 5.30. The summed E-state index contributed by atoms with van der Waals surface area (Å²) >= 11 is 0. The number of aryl methyl sites for hydroxylation is 2. The summed E-state index contributed by atoms with van der Waals surface area (Å²) < 4.78 is 2.11. The Bertz CT molecular complexity index is 183. The van der Waals surface area contributed by atoms with E-state index in [1.165, 1.54) is 25.0 Å². The molecule has 2 rings (SSSR count). The van der Waals surface area contributed by atoms with E-state index in [1.807, 2.05) is 6.20 Å². The van der Waals surface area contributed by atoms with Gasteiger partial charge in [0.1, 0.15) is 6.54 Å². The first-order valence-corrected chi connectivity index (χ1v) is 3.39. The van der Waals surface area contributed by atoms with E-state index < -0.39 is 0 Å². The summed E-state index contributed by atoms with van der Waals surface area (Å²) in [7, 11) is 0. The molecule has 3 nitrogen and oxygen atoms in total. The summed E-state index contributed by atoms with van der Waals surface area (Å²) in [5.41, 5.74) is 1.35. The fourth-order valence-electron chi connectivity index (χ4n) is 1.28. The Kier molecular flexibility index (Phi) is 1.01. The number of hydrogen-bond donors (Lipinski definition) is 1. The van der Waals surface area contributed by atoms with Gasteiger partial charge in [-0.1, -0.05) is 5.21 Å². The van der Waals surface area contributed by atoms with Crippen LogP contribution in [0.1, 0.15) is 18.5 Å². The molecular weight excluding hydrogens is 114 g/mol. The molecule has 1 aliphatic heterocycles. The van der Waals surface area contributed by atoms with Crippen molar-refractivity contribution >= 4 is 0 Å². The summed E-state index contributed by atoms with van der Waals surface area (Å²) in [4.78, 5) is 0. The summed E-state index contributed by atoms with van der Waals surface area (Å²) in [5.74, 6) is 0. The predicted octanol–water partition coefficient (Wildman–Crippen LogP) is 0.0335. The molecule has 3 heteroatoms. The fraction of sp³-hybridized carbons (Fsp3) is 0.667. The van der Waals surface area contributed by atoms with Gasteiger partial charge in [0.2, 0.25) is 6.20 Å². The van der Waals surface area contributed by atoms with Gasteiger partial charge in [-0.3, -0.25) is 0 Å². The standard InChI is InChI=1S/C6H9N3/c1-2-4-9-6(3-1)5-7-8-9/h5H,1-4H2/p+1. The Morgan fingerprint density at radius 2 is 2.56 bits per heavy atom. The van der Waals surface area contributed by atoms with Gasteiger partial charge in [-0.2, -0.15) is 4.68 Å². The number of H-pyrrole nitrogens is 1. The highest BCUT2D eigenvalue weighted by atomic mass is 15.4. The van der Waals surface area contributed by atoms with E-state index in [-0.39, 0.29) is 0 Å². The highest BCUT2D eigenvalue weighted by Gasteiger charge is 2.14. The van der Waals surface area contributed by atoms with E-state index in [1.54, 1.807) is 0 Å². The van der Waals surface area contributed by atoms with E-state index in [0.29, 0.717) is 0 Å². The quantitative estimate of drug-likeness (QED) is 0.486. The highest BCUT2D eigenvalue weighted by molar-refractivity contribution is 4.84. The van der Waals surface area contributed by atoms with Crippen LogP contribution in [0.4, 0.5) is 0 Å². The Labute approximate surface area is 53.7 Å². The monoisotopic (exact) mass is 124 g/mol. The van der Waals surface area contributed by atoms with Crippen molar-refractivity contribution < 1.29 is 4.68 Å². The van der Waals surface area contributed by atoms with Crippen LogP contribution in [0.5, 0.6) is 0 Å². The molecule has 0 saturated heterocycles. The number of nitrogens with zero attached hydrogens (tertiary/aromatic N) is 2. The molecule has 0 fully saturated rings. The third-order valence-corrected chi connectivity index (χ3v) is 1.80. The minimum Gasteiger partial charge on any atom is -0.160 e. The van der Waals surface area contributed by atoms with Crippen molar-refractivity contribution in [3.63, 3.8) is 0 Å². The zero-order chi connectivity index (χ0) is 6.10. The molecular formula is C6H10N3+. The second kappa shape index (κ2) is 1.83. The maximum absolute atomic E-state index is 3.94. The summed E-state index contributed by atoms with van der Waals surface area (Å²) in [5, 5.41) is 6.87. The number of fused-ring (bicyclic) bond motifs is 1. The minimum absolute atomic E-state index is 1.12. The van der Waals surface area contributed by atoms with Crippen LogP contribution < -0.4 is 4.68 Å². The van der Waals surface area contributed by atoms with Gasteiger partial charge < -0.3 is 0 Å². The lowest BCUT2D eigenvalue weighted by molar-refractivity contribution is -0.764. The molecule has 0 bridgehead atoms. The molecule has 0 atom stereocenters. The van der Waals surface area contributed by atoms with E-state index in [4.69, 9.17) is 0 Å². The molecule has 0 unspecified atom stereocenters. The van der Waals surface area contributed by atoms with Crippen LogP contribution in [-0.4, -0.2) is 10.3 Å². The lowest BCUT2D eigenvalue weighted by atomic mass is 10.1. The van der Waals surface area contributed by atoms with Crippen molar-refractivity contribution in [2.75, 3.05) is 0 Å². The summed E-state index contributed by atoms with van der Waals surface area (Å²) in [6, 6.07) is 0. The fourth-order valence-corrected chi connectivity index (χ4v) is 1.28. The third-order valence-electron chi connectivity index (χ3n) is 1.80. The van der Waals surface area contributed by atoms with E-state index >= 15 is 0 Å². The van der Waals surface area contributed by atoms with Gasteiger partial charge in [0.25, 0.3) is 0 Å². The smallest absolute Gasteiger partial charge is 0.160 e. The van der Waals surface area contributed by atoms with Gasteiger partial charge >= 0.3 is 0 Å². The van der Waals surface area contributed by atoms with E-state index in [0.717, 1.165) is 6.54 Å². The summed E-state index contributed by atoms with van der Waals surface area (Å²) in [6.45, 7) is 1.12. The zero-order valence-electron chi connectivity index (χ0n) is 5.30.